The van der Waals surface area contributed by atoms with Crippen LogP contribution in [0.15, 0.2) is 42.6 Å². The first kappa shape index (κ1) is 12.1. The number of ether oxygens (including phenoxy) is 1. The lowest BCUT2D eigenvalue weighted by Crippen LogP contribution is -1.98. The van der Waals surface area contributed by atoms with E-state index in [2.05, 4.69) is 10.5 Å². The molecule has 0 aliphatic heterocycles. The fraction of sp³-hybridized carbons (Fsp3) is 0.0769. The van der Waals surface area contributed by atoms with E-state index < -0.39 is 0 Å². The molecule has 5 heteroatoms. The highest BCUT2D eigenvalue weighted by molar-refractivity contribution is 5.73. The van der Waals surface area contributed by atoms with Gasteiger partial charge in [-0.3, -0.25) is 15.5 Å². The third-order valence-corrected chi connectivity index (χ3v) is 2.34. The van der Waals surface area contributed by atoms with Gasteiger partial charge in [0.05, 0.1) is 5.69 Å². The fourth-order valence-corrected chi connectivity index (χ4v) is 1.43. The molecule has 1 aromatic heterocycles. The number of hydrogen-bond acceptors (Lipinski definition) is 5. The SMILES string of the molecule is O=Cc1ccc(OCc2cccc(NO)c2)nc1. The van der Waals surface area contributed by atoms with Crippen LogP contribution in [0, 0.1) is 0 Å². The van der Waals surface area contributed by atoms with Gasteiger partial charge >= 0.3 is 0 Å². The number of aromatic nitrogens is 1. The quantitative estimate of drug-likeness (QED) is 0.623. The van der Waals surface area contributed by atoms with Crippen molar-refractivity contribution >= 4 is 12.0 Å². The molecule has 0 atom stereocenters. The molecule has 2 N–H and O–H groups in total. The van der Waals surface area contributed by atoms with E-state index in [1.165, 1.54) is 6.20 Å². The smallest absolute Gasteiger partial charge is 0.213 e. The van der Waals surface area contributed by atoms with Crippen molar-refractivity contribution in [1.82, 2.24) is 4.98 Å². The Bertz CT molecular complexity index is 526. The number of aldehydes is 1. The molecular formula is C13H12N2O3. The summed E-state index contributed by atoms with van der Waals surface area (Å²) in [7, 11) is 0. The molecule has 0 unspecified atom stereocenters. The van der Waals surface area contributed by atoms with Gasteiger partial charge in [0.2, 0.25) is 5.88 Å². The van der Waals surface area contributed by atoms with Crippen molar-refractivity contribution in [1.29, 1.82) is 0 Å². The Morgan fingerprint density at radius 2 is 2.22 bits per heavy atom. The van der Waals surface area contributed by atoms with Crippen LogP contribution in [-0.4, -0.2) is 16.5 Å². The van der Waals surface area contributed by atoms with E-state index in [-0.39, 0.29) is 0 Å². The van der Waals surface area contributed by atoms with Gasteiger partial charge in [-0.05, 0) is 23.8 Å². The number of carbonyl (C=O) groups excluding carboxylic acids is 1. The summed E-state index contributed by atoms with van der Waals surface area (Å²) in [5, 5.41) is 8.77. The van der Waals surface area contributed by atoms with E-state index in [1.807, 2.05) is 6.07 Å². The summed E-state index contributed by atoms with van der Waals surface area (Å²) >= 11 is 0. The maximum atomic E-state index is 10.5. The average Bonchev–Trinajstić information content (AvgIpc) is 2.46. The van der Waals surface area contributed by atoms with Crippen molar-refractivity contribution in [2.24, 2.45) is 0 Å². The molecule has 2 aromatic rings. The van der Waals surface area contributed by atoms with Gasteiger partial charge in [0, 0.05) is 17.8 Å². The number of benzene rings is 1. The standard InChI is InChI=1S/C13H12N2O3/c16-8-11-4-5-13(14-7-11)18-9-10-2-1-3-12(6-10)15-17/h1-8,15,17H,9H2. The summed E-state index contributed by atoms with van der Waals surface area (Å²) in [6.07, 6.45) is 2.18. The van der Waals surface area contributed by atoms with Crippen LogP contribution in [0.3, 0.4) is 0 Å². The molecule has 0 fully saturated rings. The Morgan fingerprint density at radius 3 is 2.89 bits per heavy atom. The van der Waals surface area contributed by atoms with Crippen molar-refractivity contribution in [3.63, 3.8) is 0 Å². The molecule has 0 aliphatic carbocycles. The molecule has 92 valence electrons. The van der Waals surface area contributed by atoms with Crippen molar-refractivity contribution in [2.75, 3.05) is 5.48 Å². The van der Waals surface area contributed by atoms with E-state index in [0.717, 1.165) is 11.8 Å². The second-order valence-corrected chi connectivity index (χ2v) is 3.65. The van der Waals surface area contributed by atoms with E-state index in [1.54, 1.807) is 30.3 Å². The summed E-state index contributed by atoms with van der Waals surface area (Å²) < 4.78 is 5.45. The summed E-state index contributed by atoms with van der Waals surface area (Å²) in [4.78, 5) is 14.4. The zero-order chi connectivity index (χ0) is 12.8. The number of hydrogen-bond donors (Lipinski definition) is 2. The van der Waals surface area contributed by atoms with Gasteiger partial charge in [0.1, 0.15) is 6.61 Å². The molecule has 0 saturated carbocycles. The lowest BCUT2D eigenvalue weighted by molar-refractivity contribution is 0.112. The van der Waals surface area contributed by atoms with Crippen LogP contribution in [0.5, 0.6) is 5.88 Å². The fourth-order valence-electron chi connectivity index (χ4n) is 1.43. The molecule has 0 radical (unpaired) electrons. The Kier molecular flexibility index (Phi) is 3.88. The minimum absolute atomic E-state index is 0.336. The molecule has 0 spiro atoms. The van der Waals surface area contributed by atoms with Crippen LogP contribution in [0.4, 0.5) is 5.69 Å². The van der Waals surface area contributed by atoms with Crippen LogP contribution in [0.1, 0.15) is 15.9 Å². The monoisotopic (exact) mass is 244 g/mol. The van der Waals surface area contributed by atoms with Gasteiger partial charge in [-0.25, -0.2) is 4.98 Å². The number of pyridine rings is 1. The maximum absolute atomic E-state index is 10.5. The van der Waals surface area contributed by atoms with Gasteiger partial charge in [-0.15, -0.1) is 0 Å². The number of nitrogens with one attached hydrogen (secondary N) is 1. The van der Waals surface area contributed by atoms with E-state index >= 15 is 0 Å². The predicted octanol–water partition coefficient (Wildman–Crippen LogP) is 2.27. The second-order valence-electron chi connectivity index (χ2n) is 3.65. The second kappa shape index (κ2) is 5.79. The average molecular weight is 244 g/mol. The van der Waals surface area contributed by atoms with Crippen molar-refractivity contribution < 1.29 is 14.7 Å². The topological polar surface area (TPSA) is 71.5 Å². The van der Waals surface area contributed by atoms with Crippen molar-refractivity contribution in [3.8, 4) is 5.88 Å². The number of anilines is 1. The lowest BCUT2D eigenvalue weighted by Gasteiger charge is -2.06. The van der Waals surface area contributed by atoms with Gasteiger partial charge in [-0.2, -0.15) is 0 Å². The minimum atomic E-state index is 0.336. The van der Waals surface area contributed by atoms with Crippen LogP contribution in [-0.2, 0) is 6.61 Å². The molecular weight excluding hydrogens is 232 g/mol. The molecule has 0 saturated heterocycles. The first-order valence-corrected chi connectivity index (χ1v) is 5.35. The zero-order valence-electron chi connectivity index (χ0n) is 9.54. The molecule has 0 amide bonds. The number of carbonyl (C=O) groups is 1. The first-order valence-electron chi connectivity index (χ1n) is 5.35. The lowest BCUT2D eigenvalue weighted by atomic mass is 10.2. The Balaban J connectivity index is 1.99. The molecule has 1 heterocycles. The molecule has 18 heavy (non-hydrogen) atoms. The van der Waals surface area contributed by atoms with Crippen LogP contribution in [0.25, 0.3) is 0 Å². The molecule has 0 aliphatic rings. The minimum Gasteiger partial charge on any atom is -0.473 e. The van der Waals surface area contributed by atoms with Gasteiger partial charge < -0.3 is 4.74 Å². The normalized spacial score (nSPS) is 9.83. The Morgan fingerprint density at radius 1 is 1.33 bits per heavy atom. The Labute approximate surface area is 104 Å². The highest BCUT2D eigenvalue weighted by atomic mass is 16.5. The predicted molar refractivity (Wildman–Crippen MR) is 65.8 cm³/mol. The molecule has 2 rings (SSSR count). The van der Waals surface area contributed by atoms with E-state index in [4.69, 9.17) is 9.94 Å². The van der Waals surface area contributed by atoms with Crippen LogP contribution in [0.2, 0.25) is 0 Å². The highest BCUT2D eigenvalue weighted by Crippen LogP contribution is 2.13. The largest absolute Gasteiger partial charge is 0.473 e. The Hall–Kier alpha value is -2.40. The molecule has 5 nitrogen and oxygen atoms in total. The van der Waals surface area contributed by atoms with E-state index in [0.29, 0.717) is 23.7 Å². The third-order valence-electron chi connectivity index (χ3n) is 2.34. The van der Waals surface area contributed by atoms with E-state index in [9.17, 15) is 4.79 Å². The highest BCUT2D eigenvalue weighted by Gasteiger charge is 1.99. The van der Waals surface area contributed by atoms with Crippen LogP contribution >= 0.6 is 0 Å². The number of rotatable bonds is 5. The number of nitrogens with zero attached hydrogens (tertiary/aromatic N) is 1. The van der Waals surface area contributed by atoms with Gasteiger partial charge in [-0.1, -0.05) is 12.1 Å². The van der Waals surface area contributed by atoms with Crippen molar-refractivity contribution in [2.45, 2.75) is 6.61 Å². The molecule has 1 aromatic carbocycles. The summed E-state index contributed by atoms with van der Waals surface area (Å²) in [5.74, 6) is 0.447. The zero-order valence-corrected chi connectivity index (χ0v) is 9.54. The van der Waals surface area contributed by atoms with Gasteiger partial charge in [0.15, 0.2) is 6.29 Å². The first-order chi connectivity index (χ1) is 8.81. The summed E-state index contributed by atoms with van der Waals surface area (Å²) in [5.41, 5.74) is 4.07. The molecule has 0 bridgehead atoms. The third kappa shape index (κ3) is 3.05. The van der Waals surface area contributed by atoms with Crippen LogP contribution < -0.4 is 10.2 Å². The maximum Gasteiger partial charge on any atom is 0.213 e. The summed E-state index contributed by atoms with van der Waals surface area (Å²) in [6, 6.07) is 10.5. The van der Waals surface area contributed by atoms with Crippen molar-refractivity contribution in [3.05, 3.63) is 53.7 Å². The van der Waals surface area contributed by atoms with Gasteiger partial charge in [0.25, 0.3) is 0 Å². The summed E-state index contributed by atoms with van der Waals surface area (Å²) in [6.45, 7) is 0.336.